The maximum absolute atomic E-state index is 13.3. The molecule has 1 aromatic rings. The molecule has 1 saturated heterocycles. The maximum Gasteiger partial charge on any atom is 0.274 e. The van der Waals surface area contributed by atoms with Gasteiger partial charge in [0, 0.05) is 56.6 Å². The molecule has 1 fully saturated rings. The summed E-state index contributed by atoms with van der Waals surface area (Å²) >= 11 is 0. The molecule has 0 saturated carbocycles. The normalized spacial score (nSPS) is 20.5. The fraction of sp³-hybridized carbons (Fsp3) is 0.727. The first-order chi connectivity index (χ1) is 13.4. The van der Waals surface area contributed by atoms with Crippen molar-refractivity contribution in [1.82, 2.24) is 24.5 Å². The molecular weight excluding hydrogens is 350 g/mol. The molecule has 1 aromatic heterocycles. The molecule has 1 aliphatic heterocycles. The summed E-state index contributed by atoms with van der Waals surface area (Å²) in [6, 6.07) is 0.465. The van der Waals surface area contributed by atoms with Crippen molar-refractivity contribution < 1.29 is 4.79 Å². The summed E-state index contributed by atoms with van der Waals surface area (Å²) in [6.45, 7) is 16.9. The zero-order valence-electron chi connectivity index (χ0n) is 18.2. The van der Waals surface area contributed by atoms with Crippen LogP contribution >= 0.6 is 0 Å². The molecule has 0 radical (unpaired) electrons. The second-order valence-electron chi connectivity index (χ2n) is 8.51. The van der Waals surface area contributed by atoms with Crippen LogP contribution in [0.4, 0.5) is 0 Å². The van der Waals surface area contributed by atoms with Gasteiger partial charge < -0.3 is 9.80 Å². The number of carbonyl (C=O) groups is 1. The van der Waals surface area contributed by atoms with E-state index in [4.69, 9.17) is 5.10 Å². The smallest absolute Gasteiger partial charge is 0.274 e. The minimum Gasteiger partial charge on any atom is -0.335 e. The number of amides is 1. The Morgan fingerprint density at radius 3 is 2.57 bits per heavy atom. The third kappa shape index (κ3) is 4.49. The van der Waals surface area contributed by atoms with Crippen LogP contribution in [0, 0.1) is 0 Å². The number of rotatable bonds is 7. The lowest BCUT2D eigenvalue weighted by Gasteiger charge is -2.35. The van der Waals surface area contributed by atoms with Crippen LogP contribution in [0.1, 0.15) is 55.4 Å². The van der Waals surface area contributed by atoms with E-state index in [-0.39, 0.29) is 5.91 Å². The summed E-state index contributed by atoms with van der Waals surface area (Å²) in [5, 5.41) is 4.83. The molecule has 2 heterocycles. The van der Waals surface area contributed by atoms with Gasteiger partial charge in [0.15, 0.2) is 5.69 Å². The Morgan fingerprint density at radius 2 is 1.96 bits per heavy atom. The molecule has 6 nitrogen and oxygen atoms in total. The number of fused-ring (bicyclic) bond motifs is 1. The molecule has 2 aliphatic rings. The van der Waals surface area contributed by atoms with Crippen molar-refractivity contribution in [2.75, 3.05) is 46.3 Å². The molecule has 0 aromatic carbocycles. The predicted molar refractivity (Wildman–Crippen MR) is 114 cm³/mol. The topological polar surface area (TPSA) is 44.6 Å². The molecule has 6 heteroatoms. The molecule has 156 valence electrons. The Kier molecular flexibility index (Phi) is 6.94. The number of carbonyl (C=O) groups excluding carboxylic acids is 1. The maximum atomic E-state index is 13.3. The standard InChI is InChI=1S/C22H37N5O/c1-6-10-27-20-9-8-18(25(7-2)16-17(3)4)15-19(20)21(23-27)22(28)26-13-11-24(5)12-14-26/h18H,3,6-16H2,1-2,4-5H3. The first-order valence-corrected chi connectivity index (χ1v) is 10.9. The molecule has 0 N–H and O–H groups in total. The van der Waals surface area contributed by atoms with Crippen molar-refractivity contribution in [2.24, 2.45) is 0 Å². The Labute approximate surface area is 170 Å². The summed E-state index contributed by atoms with van der Waals surface area (Å²) in [5.41, 5.74) is 4.41. The first-order valence-electron chi connectivity index (χ1n) is 10.9. The van der Waals surface area contributed by atoms with Crippen molar-refractivity contribution >= 4 is 5.91 Å². The average molecular weight is 388 g/mol. The van der Waals surface area contributed by atoms with Crippen LogP contribution in [0.3, 0.4) is 0 Å². The Bertz CT molecular complexity index is 702. The Hall–Kier alpha value is -1.66. The molecule has 1 atom stereocenters. The molecule has 28 heavy (non-hydrogen) atoms. The molecule has 0 spiro atoms. The minimum absolute atomic E-state index is 0.128. The fourth-order valence-corrected chi connectivity index (χ4v) is 4.55. The van der Waals surface area contributed by atoms with E-state index in [1.165, 1.54) is 16.8 Å². The summed E-state index contributed by atoms with van der Waals surface area (Å²) in [7, 11) is 2.12. The monoisotopic (exact) mass is 387 g/mol. The van der Waals surface area contributed by atoms with Crippen molar-refractivity contribution in [3.63, 3.8) is 0 Å². The van der Waals surface area contributed by atoms with Gasteiger partial charge in [0.05, 0.1) is 0 Å². The van der Waals surface area contributed by atoms with E-state index in [0.717, 1.165) is 71.5 Å². The molecule has 1 aliphatic carbocycles. The van der Waals surface area contributed by atoms with E-state index in [1.54, 1.807) is 0 Å². The average Bonchev–Trinajstić information content (AvgIpc) is 3.04. The lowest BCUT2D eigenvalue weighted by Crippen LogP contribution is -2.47. The fourth-order valence-electron chi connectivity index (χ4n) is 4.55. The first kappa shape index (κ1) is 21.1. The number of hydrogen-bond donors (Lipinski definition) is 0. The number of nitrogens with zero attached hydrogens (tertiary/aromatic N) is 5. The summed E-state index contributed by atoms with van der Waals surface area (Å²) in [4.78, 5) is 20.1. The van der Waals surface area contributed by atoms with Crippen LogP contribution in [-0.4, -0.2) is 82.7 Å². The predicted octanol–water partition coefficient (Wildman–Crippen LogP) is 2.44. The highest BCUT2D eigenvalue weighted by Crippen LogP contribution is 2.29. The number of aromatic nitrogens is 2. The van der Waals surface area contributed by atoms with Gasteiger partial charge in [-0.1, -0.05) is 26.0 Å². The van der Waals surface area contributed by atoms with Crippen LogP contribution < -0.4 is 0 Å². The van der Waals surface area contributed by atoms with Crippen LogP contribution in [-0.2, 0) is 19.4 Å². The van der Waals surface area contributed by atoms with Gasteiger partial charge in [-0.15, -0.1) is 0 Å². The summed E-state index contributed by atoms with van der Waals surface area (Å²) in [5.74, 6) is 0.128. The van der Waals surface area contributed by atoms with Crippen molar-refractivity contribution in [2.45, 2.75) is 59.0 Å². The Balaban J connectivity index is 1.86. The minimum atomic E-state index is 0.128. The van der Waals surface area contributed by atoms with E-state index in [9.17, 15) is 4.79 Å². The van der Waals surface area contributed by atoms with Crippen molar-refractivity contribution in [3.8, 4) is 0 Å². The Morgan fingerprint density at radius 1 is 1.25 bits per heavy atom. The number of piperazine rings is 1. The molecular formula is C22H37N5O. The van der Waals surface area contributed by atoms with Crippen molar-refractivity contribution in [3.05, 3.63) is 29.1 Å². The lowest BCUT2D eigenvalue weighted by atomic mass is 9.89. The highest BCUT2D eigenvalue weighted by atomic mass is 16.2. The highest BCUT2D eigenvalue weighted by molar-refractivity contribution is 5.94. The van der Waals surface area contributed by atoms with Gasteiger partial charge in [0.25, 0.3) is 5.91 Å². The van der Waals surface area contributed by atoms with E-state index < -0.39 is 0 Å². The van der Waals surface area contributed by atoms with Gasteiger partial charge in [-0.3, -0.25) is 14.4 Å². The van der Waals surface area contributed by atoms with Crippen LogP contribution in [0.25, 0.3) is 0 Å². The van der Waals surface area contributed by atoms with Gasteiger partial charge in [0.2, 0.25) is 0 Å². The number of hydrogen-bond acceptors (Lipinski definition) is 4. The second-order valence-corrected chi connectivity index (χ2v) is 8.51. The second kappa shape index (κ2) is 9.23. The van der Waals surface area contributed by atoms with E-state index in [1.807, 2.05) is 4.90 Å². The lowest BCUT2D eigenvalue weighted by molar-refractivity contribution is 0.0655. The molecule has 3 rings (SSSR count). The zero-order chi connectivity index (χ0) is 20.3. The van der Waals surface area contributed by atoms with Gasteiger partial charge in [0.1, 0.15) is 0 Å². The van der Waals surface area contributed by atoms with Crippen molar-refractivity contribution in [1.29, 1.82) is 0 Å². The third-order valence-electron chi connectivity index (χ3n) is 6.14. The van der Waals surface area contributed by atoms with Gasteiger partial charge in [-0.25, -0.2) is 0 Å². The summed E-state index contributed by atoms with van der Waals surface area (Å²) < 4.78 is 2.11. The van der Waals surface area contributed by atoms with Gasteiger partial charge >= 0.3 is 0 Å². The third-order valence-corrected chi connectivity index (χ3v) is 6.14. The molecule has 0 bridgehead atoms. The van der Waals surface area contributed by atoms with Crippen LogP contribution in [0.2, 0.25) is 0 Å². The van der Waals surface area contributed by atoms with Gasteiger partial charge in [-0.2, -0.15) is 5.10 Å². The van der Waals surface area contributed by atoms with Crippen LogP contribution in [0.15, 0.2) is 12.2 Å². The number of likely N-dealkylation sites (N-methyl/N-ethyl adjacent to an activating group) is 2. The molecule has 1 unspecified atom stereocenters. The SMILES string of the molecule is C=C(C)CN(CC)C1CCc2c(c(C(=O)N3CCN(C)CC3)nn2CCC)C1. The quantitative estimate of drug-likeness (QED) is 0.674. The summed E-state index contributed by atoms with van der Waals surface area (Å²) in [6.07, 6.45) is 4.10. The van der Waals surface area contributed by atoms with E-state index in [2.05, 4.69) is 48.9 Å². The molecule has 1 amide bonds. The number of aryl methyl sites for hydroxylation is 1. The highest BCUT2D eigenvalue weighted by Gasteiger charge is 2.33. The van der Waals surface area contributed by atoms with Crippen LogP contribution in [0.5, 0.6) is 0 Å². The van der Waals surface area contributed by atoms with Gasteiger partial charge in [-0.05, 0) is 46.2 Å². The van der Waals surface area contributed by atoms with E-state index >= 15 is 0 Å². The zero-order valence-corrected chi connectivity index (χ0v) is 18.2. The largest absolute Gasteiger partial charge is 0.335 e. The van der Waals surface area contributed by atoms with E-state index in [0.29, 0.717) is 11.7 Å².